The average Bonchev–Trinajstić information content (AvgIpc) is 2.30. The van der Waals surface area contributed by atoms with Gasteiger partial charge in [-0.05, 0) is 18.4 Å². The van der Waals surface area contributed by atoms with Crippen LogP contribution < -0.4 is 0 Å². The molecule has 0 radical (unpaired) electrons. The van der Waals surface area contributed by atoms with Gasteiger partial charge in [-0.15, -0.1) is 0 Å². The van der Waals surface area contributed by atoms with E-state index in [4.69, 9.17) is 0 Å². The van der Waals surface area contributed by atoms with Crippen molar-refractivity contribution in [1.29, 1.82) is 0 Å². The Morgan fingerprint density at radius 3 is 2.67 bits per heavy atom. The second-order valence-corrected chi connectivity index (χ2v) is 3.76. The van der Waals surface area contributed by atoms with Crippen molar-refractivity contribution in [3.05, 3.63) is 52.1 Å². The zero-order valence-electron chi connectivity index (χ0n) is 8.43. The summed E-state index contributed by atoms with van der Waals surface area (Å²) in [6.07, 6.45) is 4.54. The number of hydrogen-bond donors (Lipinski definition) is 0. The van der Waals surface area contributed by atoms with Crippen LogP contribution in [-0.4, -0.2) is 11.0 Å². The van der Waals surface area contributed by atoms with Crippen molar-refractivity contribution in [3.63, 3.8) is 0 Å². The fraction of sp³-hybridized carbons (Fsp3) is 0.333. The van der Waals surface area contributed by atoms with Crippen LogP contribution in [-0.2, 0) is 0 Å². The van der Waals surface area contributed by atoms with E-state index in [2.05, 4.69) is 0 Å². The van der Waals surface area contributed by atoms with Crippen LogP contribution in [0.2, 0.25) is 0 Å². The average molecular weight is 203 g/mol. The Bertz CT molecular complexity index is 384. The summed E-state index contributed by atoms with van der Waals surface area (Å²) in [6.45, 7) is 0. The van der Waals surface area contributed by atoms with E-state index in [0.29, 0.717) is 6.42 Å². The zero-order valence-corrected chi connectivity index (χ0v) is 8.43. The SMILES string of the molecule is O=[N+]([O-])C1CCCC=C1c1ccccc1. The molecule has 0 amide bonds. The van der Waals surface area contributed by atoms with Crippen LogP contribution in [0.5, 0.6) is 0 Å². The Hall–Kier alpha value is -1.64. The van der Waals surface area contributed by atoms with Crippen molar-refractivity contribution in [1.82, 2.24) is 0 Å². The number of nitro groups is 1. The van der Waals surface area contributed by atoms with E-state index < -0.39 is 6.04 Å². The molecule has 0 saturated heterocycles. The van der Waals surface area contributed by atoms with Crippen molar-refractivity contribution < 1.29 is 4.92 Å². The molecule has 1 aliphatic carbocycles. The van der Waals surface area contributed by atoms with Crippen LogP contribution in [0.4, 0.5) is 0 Å². The smallest absolute Gasteiger partial charge is 0.238 e. The molecular formula is C12H13NO2. The van der Waals surface area contributed by atoms with Gasteiger partial charge in [0, 0.05) is 16.9 Å². The molecule has 3 nitrogen and oxygen atoms in total. The quantitative estimate of drug-likeness (QED) is 0.548. The van der Waals surface area contributed by atoms with Gasteiger partial charge in [-0.2, -0.15) is 0 Å². The third-order valence-corrected chi connectivity index (χ3v) is 2.77. The summed E-state index contributed by atoms with van der Waals surface area (Å²) in [6, 6.07) is 9.13. The number of allylic oxidation sites excluding steroid dienone is 1. The Balaban J connectivity index is 2.34. The van der Waals surface area contributed by atoms with E-state index in [9.17, 15) is 10.1 Å². The second kappa shape index (κ2) is 4.26. The standard InChI is InChI=1S/C12H13NO2/c14-13(15)12-9-5-4-8-11(12)10-6-2-1-3-7-10/h1-3,6-8,12H,4-5,9H2. The largest absolute Gasteiger partial charge is 0.264 e. The summed E-state index contributed by atoms with van der Waals surface area (Å²) in [5.74, 6) is 0. The van der Waals surface area contributed by atoms with E-state index in [-0.39, 0.29) is 4.92 Å². The minimum absolute atomic E-state index is 0.169. The Morgan fingerprint density at radius 1 is 1.27 bits per heavy atom. The first-order valence-corrected chi connectivity index (χ1v) is 5.18. The maximum Gasteiger partial charge on any atom is 0.238 e. The molecule has 0 fully saturated rings. The summed E-state index contributed by atoms with van der Waals surface area (Å²) < 4.78 is 0. The van der Waals surface area contributed by atoms with Gasteiger partial charge in [-0.25, -0.2) is 0 Å². The van der Waals surface area contributed by atoms with Crippen molar-refractivity contribution in [2.45, 2.75) is 25.3 Å². The van der Waals surface area contributed by atoms with E-state index in [1.54, 1.807) is 0 Å². The van der Waals surface area contributed by atoms with Crippen molar-refractivity contribution in [2.75, 3.05) is 0 Å². The molecule has 0 bridgehead atoms. The lowest BCUT2D eigenvalue weighted by molar-refractivity contribution is -0.507. The van der Waals surface area contributed by atoms with Crippen molar-refractivity contribution >= 4 is 5.57 Å². The summed E-state index contributed by atoms with van der Waals surface area (Å²) >= 11 is 0. The monoisotopic (exact) mass is 203 g/mol. The lowest BCUT2D eigenvalue weighted by Gasteiger charge is -2.17. The minimum atomic E-state index is -0.513. The van der Waals surface area contributed by atoms with Gasteiger partial charge >= 0.3 is 0 Å². The highest BCUT2D eigenvalue weighted by molar-refractivity contribution is 5.69. The van der Waals surface area contributed by atoms with Crippen LogP contribution in [0.15, 0.2) is 36.4 Å². The number of rotatable bonds is 2. The first-order valence-electron chi connectivity index (χ1n) is 5.18. The molecule has 15 heavy (non-hydrogen) atoms. The second-order valence-electron chi connectivity index (χ2n) is 3.76. The van der Waals surface area contributed by atoms with Gasteiger partial charge in [0.2, 0.25) is 6.04 Å². The summed E-state index contributed by atoms with van der Waals surface area (Å²) in [7, 11) is 0. The Kier molecular flexibility index (Phi) is 2.81. The van der Waals surface area contributed by atoms with Crippen molar-refractivity contribution in [3.8, 4) is 0 Å². The summed E-state index contributed by atoms with van der Waals surface area (Å²) in [5.41, 5.74) is 1.87. The molecule has 78 valence electrons. The maximum atomic E-state index is 10.9. The van der Waals surface area contributed by atoms with E-state index in [1.165, 1.54) is 0 Å². The fourth-order valence-corrected chi connectivity index (χ4v) is 2.02. The first kappa shape index (κ1) is 9.90. The highest BCUT2D eigenvalue weighted by Crippen LogP contribution is 2.28. The third-order valence-electron chi connectivity index (χ3n) is 2.77. The molecule has 0 saturated carbocycles. The van der Waals surface area contributed by atoms with Crippen LogP contribution >= 0.6 is 0 Å². The molecule has 0 spiro atoms. The predicted octanol–water partition coefficient (Wildman–Crippen LogP) is 2.90. The van der Waals surface area contributed by atoms with E-state index >= 15 is 0 Å². The fourth-order valence-electron chi connectivity index (χ4n) is 2.02. The molecule has 0 heterocycles. The third kappa shape index (κ3) is 2.06. The van der Waals surface area contributed by atoms with Crippen LogP contribution in [0.25, 0.3) is 5.57 Å². The van der Waals surface area contributed by atoms with Gasteiger partial charge in [0.25, 0.3) is 0 Å². The highest BCUT2D eigenvalue weighted by atomic mass is 16.6. The molecule has 3 heteroatoms. The lowest BCUT2D eigenvalue weighted by Crippen LogP contribution is -2.23. The number of nitrogens with zero attached hydrogens (tertiary/aromatic N) is 1. The lowest BCUT2D eigenvalue weighted by atomic mass is 9.89. The molecule has 1 aliphatic rings. The molecule has 2 rings (SSSR count). The highest BCUT2D eigenvalue weighted by Gasteiger charge is 2.28. The number of hydrogen-bond acceptors (Lipinski definition) is 2. The topological polar surface area (TPSA) is 43.1 Å². The Labute approximate surface area is 88.6 Å². The normalized spacial score (nSPS) is 20.8. The molecule has 1 atom stereocenters. The molecule has 0 N–H and O–H groups in total. The molecule has 1 unspecified atom stereocenters. The maximum absolute atomic E-state index is 10.9. The van der Waals surface area contributed by atoms with Gasteiger partial charge in [0.15, 0.2) is 0 Å². The van der Waals surface area contributed by atoms with E-state index in [0.717, 1.165) is 24.0 Å². The predicted molar refractivity (Wildman–Crippen MR) is 59.1 cm³/mol. The van der Waals surface area contributed by atoms with Crippen LogP contribution in [0.3, 0.4) is 0 Å². The molecular weight excluding hydrogens is 190 g/mol. The number of benzene rings is 1. The summed E-state index contributed by atoms with van der Waals surface area (Å²) in [4.78, 5) is 10.7. The van der Waals surface area contributed by atoms with Crippen LogP contribution in [0, 0.1) is 10.1 Å². The van der Waals surface area contributed by atoms with Crippen molar-refractivity contribution in [2.24, 2.45) is 0 Å². The van der Waals surface area contributed by atoms with Gasteiger partial charge in [-0.3, -0.25) is 10.1 Å². The molecule has 1 aromatic carbocycles. The van der Waals surface area contributed by atoms with Crippen LogP contribution in [0.1, 0.15) is 24.8 Å². The molecule has 1 aromatic rings. The Morgan fingerprint density at radius 2 is 2.00 bits per heavy atom. The minimum Gasteiger partial charge on any atom is -0.264 e. The van der Waals surface area contributed by atoms with Gasteiger partial charge in [0.05, 0.1) is 0 Å². The van der Waals surface area contributed by atoms with E-state index in [1.807, 2.05) is 36.4 Å². The summed E-state index contributed by atoms with van der Waals surface area (Å²) in [5, 5.41) is 10.9. The molecule has 0 aliphatic heterocycles. The van der Waals surface area contributed by atoms with Gasteiger partial charge < -0.3 is 0 Å². The van der Waals surface area contributed by atoms with Gasteiger partial charge in [0.1, 0.15) is 0 Å². The van der Waals surface area contributed by atoms with Gasteiger partial charge in [-0.1, -0.05) is 36.4 Å². The first-order chi connectivity index (χ1) is 7.29. The zero-order chi connectivity index (χ0) is 10.7. The molecule has 0 aromatic heterocycles.